The van der Waals surface area contributed by atoms with Crippen molar-refractivity contribution in [2.75, 3.05) is 32.8 Å². The van der Waals surface area contributed by atoms with Gasteiger partial charge in [0.15, 0.2) is 0 Å². The van der Waals surface area contributed by atoms with Gasteiger partial charge in [0.25, 0.3) is 0 Å². The molecule has 1 saturated heterocycles. The number of hydrogen-bond acceptors (Lipinski definition) is 3. The second kappa shape index (κ2) is 8.47. The van der Waals surface area contributed by atoms with Crippen molar-refractivity contribution < 1.29 is 9.13 Å². The first-order valence-electron chi connectivity index (χ1n) is 8.02. The predicted octanol–water partition coefficient (Wildman–Crippen LogP) is 2.98. The summed E-state index contributed by atoms with van der Waals surface area (Å²) in [5.41, 5.74) is 1.04. The summed E-state index contributed by atoms with van der Waals surface area (Å²) in [6, 6.07) is 7.15. The zero-order valence-corrected chi connectivity index (χ0v) is 13.1. The summed E-state index contributed by atoms with van der Waals surface area (Å²) in [7, 11) is 0. The highest BCUT2D eigenvalue weighted by Crippen LogP contribution is 2.19. The molecule has 1 aromatic rings. The molecule has 118 valence electrons. The topological polar surface area (TPSA) is 24.5 Å². The van der Waals surface area contributed by atoms with E-state index in [1.807, 2.05) is 6.07 Å². The second-order valence-corrected chi connectivity index (χ2v) is 5.79. The maximum atomic E-state index is 13.4. The average molecular weight is 294 g/mol. The fourth-order valence-electron chi connectivity index (χ4n) is 2.95. The number of rotatable bonds is 6. The molecule has 1 fully saturated rings. The van der Waals surface area contributed by atoms with Gasteiger partial charge in [0.1, 0.15) is 5.82 Å². The maximum absolute atomic E-state index is 13.4. The SMILES string of the molecule is CCNC(CCN1CCCOC(C)C1)c1cccc(F)c1. The van der Waals surface area contributed by atoms with Crippen molar-refractivity contribution in [3.8, 4) is 0 Å². The number of halogens is 1. The van der Waals surface area contributed by atoms with Gasteiger partial charge in [-0.05, 0) is 44.0 Å². The fourth-order valence-corrected chi connectivity index (χ4v) is 2.95. The van der Waals surface area contributed by atoms with Crippen LogP contribution in [0.15, 0.2) is 24.3 Å². The van der Waals surface area contributed by atoms with E-state index in [9.17, 15) is 4.39 Å². The molecule has 2 rings (SSSR count). The van der Waals surface area contributed by atoms with E-state index in [1.165, 1.54) is 6.07 Å². The van der Waals surface area contributed by atoms with Crippen LogP contribution in [0.5, 0.6) is 0 Å². The van der Waals surface area contributed by atoms with Gasteiger partial charge in [-0.25, -0.2) is 4.39 Å². The minimum absolute atomic E-state index is 0.160. The van der Waals surface area contributed by atoms with Crippen molar-refractivity contribution in [2.24, 2.45) is 0 Å². The van der Waals surface area contributed by atoms with Gasteiger partial charge in [-0.1, -0.05) is 19.1 Å². The summed E-state index contributed by atoms with van der Waals surface area (Å²) in [6.07, 6.45) is 2.39. The van der Waals surface area contributed by atoms with Gasteiger partial charge >= 0.3 is 0 Å². The lowest BCUT2D eigenvalue weighted by Gasteiger charge is -2.25. The minimum atomic E-state index is -0.160. The maximum Gasteiger partial charge on any atom is 0.123 e. The third kappa shape index (κ3) is 5.38. The van der Waals surface area contributed by atoms with Gasteiger partial charge in [0, 0.05) is 32.3 Å². The van der Waals surface area contributed by atoms with E-state index in [-0.39, 0.29) is 11.9 Å². The molecular formula is C17H27FN2O. The standard InChI is InChI=1S/C17H27FN2O/c1-3-19-17(15-6-4-7-16(18)12-15)8-10-20-9-5-11-21-14(2)13-20/h4,6-7,12,14,17,19H,3,5,8-11,13H2,1-2H3. The number of ether oxygens (including phenoxy) is 1. The van der Waals surface area contributed by atoms with E-state index in [4.69, 9.17) is 4.74 Å². The highest BCUT2D eigenvalue weighted by molar-refractivity contribution is 5.20. The highest BCUT2D eigenvalue weighted by atomic mass is 19.1. The Labute approximate surface area is 127 Å². The molecule has 2 unspecified atom stereocenters. The lowest BCUT2D eigenvalue weighted by molar-refractivity contribution is 0.0672. The summed E-state index contributed by atoms with van der Waals surface area (Å²) in [6.45, 7) is 9.07. The van der Waals surface area contributed by atoms with Gasteiger partial charge in [-0.2, -0.15) is 0 Å². The van der Waals surface area contributed by atoms with Gasteiger partial charge < -0.3 is 15.0 Å². The van der Waals surface area contributed by atoms with Gasteiger partial charge in [-0.15, -0.1) is 0 Å². The second-order valence-electron chi connectivity index (χ2n) is 5.79. The van der Waals surface area contributed by atoms with Crippen LogP contribution in [-0.2, 0) is 4.74 Å². The van der Waals surface area contributed by atoms with Crippen molar-refractivity contribution in [2.45, 2.75) is 38.8 Å². The molecule has 0 amide bonds. The molecule has 0 aliphatic carbocycles. The van der Waals surface area contributed by atoms with Gasteiger partial charge in [0.2, 0.25) is 0 Å². The first-order valence-corrected chi connectivity index (χ1v) is 8.02. The molecule has 0 bridgehead atoms. The summed E-state index contributed by atoms with van der Waals surface area (Å²) in [5.74, 6) is -0.160. The van der Waals surface area contributed by atoms with Crippen LogP contribution in [-0.4, -0.2) is 43.8 Å². The summed E-state index contributed by atoms with van der Waals surface area (Å²) in [5, 5.41) is 3.47. The molecule has 0 radical (unpaired) electrons. The van der Waals surface area contributed by atoms with Crippen molar-refractivity contribution in [1.82, 2.24) is 10.2 Å². The number of nitrogens with one attached hydrogen (secondary N) is 1. The van der Waals surface area contributed by atoms with Crippen LogP contribution < -0.4 is 5.32 Å². The Kier molecular flexibility index (Phi) is 6.61. The Morgan fingerprint density at radius 2 is 2.33 bits per heavy atom. The van der Waals surface area contributed by atoms with Crippen LogP contribution in [0.25, 0.3) is 0 Å². The largest absolute Gasteiger partial charge is 0.377 e. The number of nitrogens with zero attached hydrogens (tertiary/aromatic N) is 1. The summed E-state index contributed by atoms with van der Waals surface area (Å²) >= 11 is 0. The van der Waals surface area contributed by atoms with Crippen molar-refractivity contribution in [3.05, 3.63) is 35.6 Å². The summed E-state index contributed by atoms with van der Waals surface area (Å²) in [4.78, 5) is 2.46. The fraction of sp³-hybridized carbons (Fsp3) is 0.647. The van der Waals surface area contributed by atoms with Crippen LogP contribution in [0.3, 0.4) is 0 Å². The van der Waals surface area contributed by atoms with Gasteiger partial charge in [-0.3, -0.25) is 0 Å². The molecule has 3 nitrogen and oxygen atoms in total. The molecule has 0 saturated carbocycles. The Morgan fingerprint density at radius 1 is 1.48 bits per heavy atom. The van der Waals surface area contributed by atoms with Crippen LogP contribution in [0.4, 0.5) is 4.39 Å². The molecule has 0 spiro atoms. The molecular weight excluding hydrogens is 267 g/mol. The zero-order valence-electron chi connectivity index (χ0n) is 13.1. The summed E-state index contributed by atoms with van der Waals surface area (Å²) < 4.78 is 19.1. The number of hydrogen-bond donors (Lipinski definition) is 1. The minimum Gasteiger partial charge on any atom is -0.377 e. The van der Waals surface area contributed by atoms with E-state index in [1.54, 1.807) is 12.1 Å². The van der Waals surface area contributed by atoms with Crippen LogP contribution >= 0.6 is 0 Å². The molecule has 1 aromatic carbocycles. The van der Waals surface area contributed by atoms with E-state index < -0.39 is 0 Å². The quantitative estimate of drug-likeness (QED) is 0.873. The molecule has 1 N–H and O–H groups in total. The van der Waals surface area contributed by atoms with E-state index in [0.717, 1.165) is 51.2 Å². The van der Waals surface area contributed by atoms with Gasteiger partial charge in [0.05, 0.1) is 6.10 Å². The lowest BCUT2D eigenvalue weighted by atomic mass is 10.0. The molecule has 21 heavy (non-hydrogen) atoms. The van der Waals surface area contributed by atoms with E-state index in [2.05, 4.69) is 24.1 Å². The van der Waals surface area contributed by atoms with Crippen molar-refractivity contribution in [1.29, 1.82) is 0 Å². The smallest absolute Gasteiger partial charge is 0.123 e. The zero-order chi connectivity index (χ0) is 15.1. The Balaban J connectivity index is 1.93. The molecule has 2 atom stereocenters. The molecule has 0 aromatic heterocycles. The molecule has 1 aliphatic rings. The Bertz CT molecular complexity index is 427. The van der Waals surface area contributed by atoms with Crippen LogP contribution in [0, 0.1) is 5.82 Å². The number of benzene rings is 1. The van der Waals surface area contributed by atoms with E-state index >= 15 is 0 Å². The van der Waals surface area contributed by atoms with Crippen LogP contribution in [0.2, 0.25) is 0 Å². The molecule has 1 heterocycles. The van der Waals surface area contributed by atoms with Crippen molar-refractivity contribution in [3.63, 3.8) is 0 Å². The van der Waals surface area contributed by atoms with Crippen LogP contribution in [0.1, 0.15) is 38.3 Å². The van der Waals surface area contributed by atoms with Crippen molar-refractivity contribution >= 4 is 0 Å². The first kappa shape index (κ1) is 16.4. The highest BCUT2D eigenvalue weighted by Gasteiger charge is 2.17. The molecule has 4 heteroatoms. The lowest BCUT2D eigenvalue weighted by Crippen LogP contribution is -2.33. The first-order chi connectivity index (χ1) is 10.2. The third-order valence-corrected chi connectivity index (χ3v) is 3.97. The third-order valence-electron chi connectivity index (χ3n) is 3.97. The normalized spacial score (nSPS) is 22.0. The molecule has 1 aliphatic heterocycles. The Hall–Kier alpha value is -0.970. The van der Waals surface area contributed by atoms with E-state index in [0.29, 0.717) is 6.10 Å². The monoisotopic (exact) mass is 294 g/mol. The Morgan fingerprint density at radius 3 is 3.10 bits per heavy atom. The predicted molar refractivity (Wildman–Crippen MR) is 83.9 cm³/mol. The average Bonchev–Trinajstić information content (AvgIpc) is 2.67.